The first-order valence-corrected chi connectivity index (χ1v) is 9.85. The number of carbonyl (C=O) groups excluding carboxylic acids is 1. The quantitative estimate of drug-likeness (QED) is 0.681. The molecule has 4 heteroatoms. The Hall–Kier alpha value is -2.75. The SMILES string of the molecule is O=C(COc1ccc2oc3c(c2c1)CCCC3)N1CCCc2ccccc21. The molecule has 2 heterocycles. The van der Waals surface area contributed by atoms with Gasteiger partial charge in [-0.25, -0.2) is 0 Å². The van der Waals surface area contributed by atoms with Crippen LogP contribution in [0.25, 0.3) is 11.0 Å². The molecule has 0 spiro atoms. The minimum absolute atomic E-state index is 0.0106. The summed E-state index contributed by atoms with van der Waals surface area (Å²) in [7, 11) is 0. The van der Waals surface area contributed by atoms with Gasteiger partial charge in [0.2, 0.25) is 0 Å². The fourth-order valence-corrected chi connectivity index (χ4v) is 4.35. The normalized spacial score (nSPS) is 16.1. The van der Waals surface area contributed by atoms with Crippen LogP contribution >= 0.6 is 0 Å². The maximum Gasteiger partial charge on any atom is 0.264 e. The van der Waals surface area contributed by atoms with Crippen molar-refractivity contribution in [2.75, 3.05) is 18.1 Å². The molecule has 2 aromatic carbocycles. The van der Waals surface area contributed by atoms with Gasteiger partial charge in [-0.2, -0.15) is 0 Å². The Bertz CT molecular complexity index is 1000. The summed E-state index contributed by atoms with van der Waals surface area (Å²) < 4.78 is 11.8. The molecule has 0 bridgehead atoms. The van der Waals surface area contributed by atoms with E-state index in [0.717, 1.165) is 60.4 Å². The van der Waals surface area contributed by atoms with Gasteiger partial charge in [-0.15, -0.1) is 0 Å². The number of rotatable bonds is 3. The third-order valence-electron chi connectivity index (χ3n) is 5.70. The molecule has 0 N–H and O–H groups in total. The zero-order chi connectivity index (χ0) is 18.2. The lowest BCUT2D eigenvalue weighted by atomic mass is 9.96. The Balaban J connectivity index is 1.34. The van der Waals surface area contributed by atoms with Gasteiger partial charge in [-0.05, 0) is 61.9 Å². The van der Waals surface area contributed by atoms with Crippen LogP contribution in [-0.2, 0) is 24.1 Å². The number of fused-ring (bicyclic) bond motifs is 4. The third-order valence-corrected chi connectivity index (χ3v) is 5.70. The number of nitrogens with zero attached hydrogens (tertiary/aromatic N) is 1. The van der Waals surface area contributed by atoms with Gasteiger partial charge in [0.15, 0.2) is 6.61 Å². The molecule has 0 unspecified atom stereocenters. The second kappa shape index (κ2) is 6.76. The summed E-state index contributed by atoms with van der Waals surface area (Å²) >= 11 is 0. The highest BCUT2D eigenvalue weighted by molar-refractivity contribution is 5.95. The molecule has 0 radical (unpaired) electrons. The second-order valence-electron chi connectivity index (χ2n) is 7.44. The highest BCUT2D eigenvalue weighted by atomic mass is 16.5. The first-order chi connectivity index (χ1) is 13.3. The molecule has 4 nitrogen and oxygen atoms in total. The number of ether oxygens (including phenoxy) is 1. The molecule has 5 rings (SSSR count). The number of aryl methyl sites for hydroxylation is 3. The number of furan rings is 1. The minimum atomic E-state index is 0.0106. The maximum atomic E-state index is 12.8. The fourth-order valence-electron chi connectivity index (χ4n) is 4.35. The molecule has 1 aliphatic carbocycles. The van der Waals surface area contributed by atoms with E-state index in [-0.39, 0.29) is 12.5 Å². The van der Waals surface area contributed by atoms with Crippen LogP contribution in [0.15, 0.2) is 46.9 Å². The molecule has 1 aromatic heterocycles. The Kier molecular flexibility index (Phi) is 4.12. The number of benzene rings is 2. The molecule has 2 aliphatic rings. The topological polar surface area (TPSA) is 42.7 Å². The molecular weight excluding hydrogens is 338 g/mol. The van der Waals surface area contributed by atoms with Crippen molar-refractivity contribution >= 4 is 22.6 Å². The van der Waals surface area contributed by atoms with Crippen molar-refractivity contribution in [3.63, 3.8) is 0 Å². The predicted octanol–water partition coefficient (Wildman–Crippen LogP) is 4.67. The van der Waals surface area contributed by atoms with Crippen molar-refractivity contribution in [1.29, 1.82) is 0 Å². The van der Waals surface area contributed by atoms with Crippen LogP contribution in [0.1, 0.15) is 36.1 Å². The molecular formula is C23H23NO3. The van der Waals surface area contributed by atoms with Crippen molar-refractivity contribution in [1.82, 2.24) is 0 Å². The van der Waals surface area contributed by atoms with Gasteiger partial charge in [0.1, 0.15) is 17.1 Å². The van der Waals surface area contributed by atoms with Gasteiger partial charge in [-0.1, -0.05) is 18.2 Å². The highest BCUT2D eigenvalue weighted by Gasteiger charge is 2.23. The van der Waals surface area contributed by atoms with Gasteiger partial charge in [0, 0.05) is 29.6 Å². The average molecular weight is 361 g/mol. The summed E-state index contributed by atoms with van der Waals surface area (Å²) in [6, 6.07) is 14.0. The number of amides is 1. The lowest BCUT2D eigenvalue weighted by Crippen LogP contribution is -2.38. The van der Waals surface area contributed by atoms with E-state index in [9.17, 15) is 4.79 Å². The summed E-state index contributed by atoms with van der Waals surface area (Å²) in [6.07, 6.45) is 6.52. The van der Waals surface area contributed by atoms with Crippen LogP contribution in [0.5, 0.6) is 5.75 Å². The van der Waals surface area contributed by atoms with Crippen molar-refractivity contribution in [2.45, 2.75) is 38.5 Å². The minimum Gasteiger partial charge on any atom is -0.484 e. The maximum absolute atomic E-state index is 12.8. The zero-order valence-electron chi connectivity index (χ0n) is 15.4. The summed E-state index contributed by atoms with van der Waals surface area (Å²) in [5.41, 5.74) is 4.50. The van der Waals surface area contributed by atoms with E-state index >= 15 is 0 Å². The Labute approximate surface area is 158 Å². The summed E-state index contributed by atoms with van der Waals surface area (Å²) in [5, 5.41) is 1.14. The highest BCUT2D eigenvalue weighted by Crippen LogP contribution is 2.34. The molecule has 0 saturated heterocycles. The van der Waals surface area contributed by atoms with Gasteiger partial charge in [0.25, 0.3) is 5.91 Å². The standard InChI is InChI=1S/C23H23NO3/c25-23(24-13-5-7-16-6-1-3-9-20(16)24)15-26-17-11-12-22-19(14-17)18-8-2-4-10-21(18)27-22/h1,3,6,9,11-12,14H,2,4-5,7-8,10,13,15H2. The lowest BCUT2D eigenvalue weighted by molar-refractivity contribution is -0.120. The van der Waals surface area contributed by atoms with Crippen molar-refractivity contribution < 1.29 is 13.9 Å². The largest absolute Gasteiger partial charge is 0.484 e. The first kappa shape index (κ1) is 16.4. The lowest BCUT2D eigenvalue weighted by Gasteiger charge is -2.29. The Morgan fingerprint density at radius 2 is 1.93 bits per heavy atom. The van der Waals surface area contributed by atoms with Crippen molar-refractivity contribution in [3.8, 4) is 5.75 Å². The molecule has 1 amide bonds. The first-order valence-electron chi connectivity index (χ1n) is 9.85. The molecule has 0 atom stereocenters. The third kappa shape index (κ3) is 2.99. The van der Waals surface area contributed by atoms with Crippen molar-refractivity contribution in [3.05, 3.63) is 59.4 Å². The summed E-state index contributed by atoms with van der Waals surface area (Å²) in [5.74, 6) is 1.86. The van der Waals surface area contributed by atoms with Crippen LogP contribution in [0.3, 0.4) is 0 Å². The zero-order valence-corrected chi connectivity index (χ0v) is 15.4. The molecule has 0 fully saturated rings. The average Bonchev–Trinajstić information content (AvgIpc) is 3.09. The van der Waals surface area contributed by atoms with Gasteiger partial charge >= 0.3 is 0 Å². The second-order valence-corrected chi connectivity index (χ2v) is 7.44. The number of hydrogen-bond donors (Lipinski definition) is 0. The number of anilines is 1. The van der Waals surface area contributed by atoms with E-state index in [1.807, 2.05) is 41.3 Å². The predicted molar refractivity (Wildman–Crippen MR) is 105 cm³/mol. The monoisotopic (exact) mass is 361 g/mol. The van der Waals surface area contributed by atoms with Gasteiger partial charge in [-0.3, -0.25) is 4.79 Å². The van der Waals surface area contributed by atoms with Gasteiger partial charge in [0.05, 0.1) is 0 Å². The van der Waals surface area contributed by atoms with Crippen LogP contribution in [0.4, 0.5) is 5.69 Å². The molecule has 1 aliphatic heterocycles. The summed E-state index contributed by atoms with van der Waals surface area (Å²) in [4.78, 5) is 14.6. The Morgan fingerprint density at radius 3 is 2.89 bits per heavy atom. The van der Waals surface area contributed by atoms with Crippen LogP contribution in [-0.4, -0.2) is 19.1 Å². The van der Waals surface area contributed by atoms with E-state index in [1.165, 1.54) is 24.0 Å². The number of hydrogen-bond acceptors (Lipinski definition) is 3. The molecule has 0 saturated carbocycles. The van der Waals surface area contributed by atoms with E-state index in [4.69, 9.17) is 9.15 Å². The number of carbonyl (C=O) groups is 1. The Morgan fingerprint density at radius 1 is 1.04 bits per heavy atom. The van der Waals surface area contributed by atoms with E-state index in [2.05, 4.69) is 6.07 Å². The van der Waals surface area contributed by atoms with Crippen LogP contribution in [0.2, 0.25) is 0 Å². The molecule has 27 heavy (non-hydrogen) atoms. The molecule has 3 aromatic rings. The van der Waals surface area contributed by atoms with E-state index in [1.54, 1.807) is 0 Å². The van der Waals surface area contributed by atoms with Crippen molar-refractivity contribution in [2.24, 2.45) is 0 Å². The molecule has 138 valence electrons. The smallest absolute Gasteiger partial charge is 0.264 e. The van der Waals surface area contributed by atoms with E-state index < -0.39 is 0 Å². The summed E-state index contributed by atoms with van der Waals surface area (Å²) in [6.45, 7) is 0.813. The van der Waals surface area contributed by atoms with Gasteiger partial charge < -0.3 is 14.1 Å². The van der Waals surface area contributed by atoms with Crippen LogP contribution in [0, 0.1) is 0 Å². The van der Waals surface area contributed by atoms with E-state index in [0.29, 0.717) is 0 Å². The fraction of sp³-hybridized carbons (Fsp3) is 0.348. The number of para-hydroxylation sites is 1. The van der Waals surface area contributed by atoms with Crippen LogP contribution < -0.4 is 9.64 Å².